The first-order valence-corrected chi connectivity index (χ1v) is 7.28. The molecule has 0 aliphatic carbocycles. The number of hydrogen-bond acceptors (Lipinski definition) is 6. The van der Waals surface area contributed by atoms with Gasteiger partial charge in [0.2, 0.25) is 10.0 Å². The number of esters is 1. The normalized spacial score (nSPS) is 12.9. The van der Waals surface area contributed by atoms with Crippen molar-refractivity contribution in [2.75, 3.05) is 11.8 Å². The molecule has 21 heavy (non-hydrogen) atoms. The van der Waals surface area contributed by atoms with Gasteiger partial charge in [0.25, 0.3) is 0 Å². The number of ether oxygens (including phenoxy) is 1. The summed E-state index contributed by atoms with van der Waals surface area (Å²) in [6.07, 6.45) is 2.08. The van der Waals surface area contributed by atoms with Crippen LogP contribution in [0.25, 0.3) is 6.08 Å². The first-order valence-electron chi connectivity index (χ1n) is 5.74. The number of anilines is 1. The third kappa shape index (κ3) is 4.88. The number of pyridine rings is 1. The number of carboxylic acids is 1. The molecule has 9 heteroatoms. The minimum atomic E-state index is -4.00. The fourth-order valence-corrected chi connectivity index (χ4v) is 2.22. The second-order valence-electron chi connectivity index (χ2n) is 3.93. The number of carbonyl (C=O) groups excluding carboxylic acids is 1. The van der Waals surface area contributed by atoms with Gasteiger partial charge in [-0.3, -0.25) is 9.52 Å². The van der Waals surface area contributed by atoms with Crippen LogP contribution in [-0.4, -0.2) is 42.8 Å². The van der Waals surface area contributed by atoms with Crippen molar-refractivity contribution in [1.29, 1.82) is 0 Å². The molecule has 0 saturated carbocycles. The molecule has 2 N–H and O–H groups in total. The van der Waals surface area contributed by atoms with Crippen LogP contribution in [0.5, 0.6) is 0 Å². The minimum Gasteiger partial charge on any atom is -0.478 e. The molecule has 1 heterocycles. The van der Waals surface area contributed by atoms with E-state index in [1.54, 1.807) is 0 Å². The van der Waals surface area contributed by atoms with Crippen molar-refractivity contribution in [3.63, 3.8) is 0 Å². The van der Waals surface area contributed by atoms with E-state index in [1.165, 1.54) is 31.2 Å². The number of aliphatic carboxylic acids is 1. The van der Waals surface area contributed by atoms with Crippen LogP contribution in [0.1, 0.15) is 12.6 Å². The quantitative estimate of drug-likeness (QED) is 0.578. The van der Waals surface area contributed by atoms with E-state index in [0.717, 1.165) is 13.2 Å². The number of nitrogens with zero attached hydrogens (tertiary/aromatic N) is 1. The lowest BCUT2D eigenvalue weighted by molar-refractivity contribution is -0.139. The molecular formula is C12H14N2O6S. The largest absolute Gasteiger partial charge is 0.478 e. The number of nitrogens with one attached hydrogen (secondary N) is 1. The van der Waals surface area contributed by atoms with Gasteiger partial charge in [-0.1, -0.05) is 6.07 Å². The zero-order chi connectivity index (χ0) is 16.0. The third-order valence-corrected chi connectivity index (χ3v) is 4.03. The fraction of sp³-hybridized carbons (Fsp3) is 0.250. The maximum Gasteiger partial charge on any atom is 0.328 e. The molecular weight excluding hydrogens is 300 g/mol. The Kier molecular flexibility index (Phi) is 5.42. The van der Waals surface area contributed by atoms with E-state index in [4.69, 9.17) is 5.11 Å². The zero-order valence-electron chi connectivity index (χ0n) is 11.3. The van der Waals surface area contributed by atoms with Gasteiger partial charge in [0, 0.05) is 6.08 Å². The third-order valence-electron chi connectivity index (χ3n) is 2.41. The Hall–Kier alpha value is -2.42. The number of rotatable bonds is 6. The Balaban J connectivity index is 2.95. The highest BCUT2D eigenvalue weighted by molar-refractivity contribution is 7.94. The van der Waals surface area contributed by atoms with Crippen molar-refractivity contribution in [3.05, 3.63) is 30.0 Å². The highest BCUT2D eigenvalue weighted by Gasteiger charge is 2.29. The van der Waals surface area contributed by atoms with Gasteiger partial charge in [-0.2, -0.15) is 0 Å². The number of hydrogen-bond donors (Lipinski definition) is 2. The fourth-order valence-electron chi connectivity index (χ4n) is 1.28. The number of sulfonamides is 1. The van der Waals surface area contributed by atoms with Gasteiger partial charge in [0.15, 0.2) is 5.25 Å². The van der Waals surface area contributed by atoms with Crippen LogP contribution in [0.4, 0.5) is 5.82 Å². The predicted octanol–water partition coefficient (Wildman–Crippen LogP) is 0.483. The van der Waals surface area contributed by atoms with Crippen molar-refractivity contribution in [2.45, 2.75) is 12.2 Å². The highest BCUT2D eigenvalue weighted by atomic mass is 32.2. The predicted molar refractivity (Wildman–Crippen MR) is 74.9 cm³/mol. The molecule has 114 valence electrons. The number of aromatic nitrogens is 1. The van der Waals surface area contributed by atoms with Crippen LogP contribution in [0.3, 0.4) is 0 Å². The van der Waals surface area contributed by atoms with Gasteiger partial charge in [-0.05, 0) is 25.1 Å². The Morgan fingerprint density at radius 1 is 1.43 bits per heavy atom. The summed E-state index contributed by atoms with van der Waals surface area (Å²) >= 11 is 0. The minimum absolute atomic E-state index is 0.0294. The van der Waals surface area contributed by atoms with Crippen molar-refractivity contribution < 1.29 is 27.9 Å². The van der Waals surface area contributed by atoms with Gasteiger partial charge >= 0.3 is 11.9 Å². The van der Waals surface area contributed by atoms with E-state index in [-0.39, 0.29) is 11.5 Å². The molecule has 1 aromatic rings. The van der Waals surface area contributed by atoms with E-state index in [9.17, 15) is 18.0 Å². The summed E-state index contributed by atoms with van der Waals surface area (Å²) in [5, 5.41) is 7.11. The Morgan fingerprint density at radius 3 is 2.67 bits per heavy atom. The summed E-state index contributed by atoms with van der Waals surface area (Å²) in [5.74, 6) is -2.08. The molecule has 0 fully saturated rings. The van der Waals surface area contributed by atoms with Crippen LogP contribution in [0, 0.1) is 0 Å². The van der Waals surface area contributed by atoms with E-state index in [0.29, 0.717) is 0 Å². The molecule has 0 bridgehead atoms. The van der Waals surface area contributed by atoms with Gasteiger partial charge in [0.1, 0.15) is 5.82 Å². The van der Waals surface area contributed by atoms with Crippen LogP contribution in [0.2, 0.25) is 0 Å². The molecule has 0 radical (unpaired) electrons. The Labute approximate surface area is 121 Å². The van der Waals surface area contributed by atoms with E-state index in [1.807, 2.05) is 0 Å². The molecule has 0 aromatic carbocycles. The lowest BCUT2D eigenvalue weighted by Crippen LogP contribution is -2.33. The maximum atomic E-state index is 11.9. The van der Waals surface area contributed by atoms with Crippen molar-refractivity contribution in [3.8, 4) is 0 Å². The molecule has 1 rings (SSSR count). The highest BCUT2D eigenvalue weighted by Crippen LogP contribution is 2.12. The van der Waals surface area contributed by atoms with Crippen molar-refractivity contribution >= 4 is 33.9 Å². The van der Waals surface area contributed by atoms with Crippen LogP contribution in [0.15, 0.2) is 24.3 Å². The van der Waals surface area contributed by atoms with Crippen molar-refractivity contribution in [2.24, 2.45) is 0 Å². The standard InChI is InChI=1S/C12H14N2O6S/c1-8(12(17)20-2)21(18,19)14-10-5-3-4-9(13-10)6-7-11(15)16/h3-8H,1-2H3,(H,13,14)(H,15,16). The molecule has 0 amide bonds. The number of methoxy groups -OCH3 is 1. The SMILES string of the molecule is COC(=O)C(C)S(=O)(=O)Nc1cccc(C=CC(=O)O)n1. The average Bonchev–Trinajstić information content (AvgIpc) is 2.43. The molecule has 1 unspecified atom stereocenters. The number of carbonyl (C=O) groups is 2. The Morgan fingerprint density at radius 2 is 2.10 bits per heavy atom. The molecule has 1 atom stereocenters. The monoisotopic (exact) mass is 314 g/mol. The smallest absolute Gasteiger partial charge is 0.328 e. The lowest BCUT2D eigenvalue weighted by atomic mass is 10.3. The second kappa shape index (κ2) is 6.84. The molecule has 1 aromatic heterocycles. The summed E-state index contributed by atoms with van der Waals surface area (Å²) in [5.41, 5.74) is 0.253. The van der Waals surface area contributed by atoms with Gasteiger partial charge in [-0.15, -0.1) is 0 Å². The first kappa shape index (κ1) is 16.6. The van der Waals surface area contributed by atoms with E-state index in [2.05, 4.69) is 14.4 Å². The molecule has 0 aliphatic rings. The number of carboxylic acid groups (broad SMARTS) is 1. The van der Waals surface area contributed by atoms with E-state index >= 15 is 0 Å². The van der Waals surface area contributed by atoms with Crippen LogP contribution in [-0.2, 0) is 24.3 Å². The van der Waals surface area contributed by atoms with Gasteiger partial charge in [0.05, 0.1) is 12.8 Å². The zero-order valence-corrected chi connectivity index (χ0v) is 12.1. The van der Waals surface area contributed by atoms with E-state index < -0.39 is 27.2 Å². The molecule has 0 saturated heterocycles. The molecule has 0 aliphatic heterocycles. The summed E-state index contributed by atoms with van der Waals surface area (Å²) in [6.45, 7) is 1.18. The van der Waals surface area contributed by atoms with Crippen molar-refractivity contribution in [1.82, 2.24) is 4.98 Å². The summed E-state index contributed by atoms with van der Waals surface area (Å²) in [4.78, 5) is 25.6. The average molecular weight is 314 g/mol. The second-order valence-corrected chi connectivity index (χ2v) is 5.93. The van der Waals surface area contributed by atoms with Crippen LogP contribution >= 0.6 is 0 Å². The maximum absolute atomic E-state index is 11.9. The van der Waals surface area contributed by atoms with Gasteiger partial charge < -0.3 is 9.84 Å². The summed E-state index contributed by atoms with van der Waals surface area (Å²) in [7, 11) is -2.91. The summed E-state index contributed by atoms with van der Waals surface area (Å²) in [6, 6.07) is 4.37. The molecule has 0 spiro atoms. The topological polar surface area (TPSA) is 123 Å². The Bertz CT molecular complexity index is 668. The summed E-state index contributed by atoms with van der Waals surface area (Å²) < 4.78 is 30.3. The lowest BCUT2D eigenvalue weighted by Gasteiger charge is -2.12. The van der Waals surface area contributed by atoms with Crippen LogP contribution < -0.4 is 4.72 Å². The first-order chi connectivity index (χ1) is 9.76. The van der Waals surface area contributed by atoms with Gasteiger partial charge in [-0.25, -0.2) is 18.2 Å². The molecule has 8 nitrogen and oxygen atoms in total.